The van der Waals surface area contributed by atoms with Crippen LogP contribution in [0, 0.1) is 5.92 Å². The molecule has 0 bridgehead atoms. The molecule has 1 N–H and O–H groups in total. The molecule has 2 aliphatic rings. The Bertz CT molecular complexity index is 1490. The summed E-state index contributed by atoms with van der Waals surface area (Å²) in [6.45, 7) is 1.16. The normalized spacial score (nSPS) is 21.6. The Hall–Kier alpha value is -3.70. The molecule has 0 unspecified atom stereocenters. The number of benzene rings is 3. The Morgan fingerprint density at radius 3 is 1.98 bits per heavy atom. The number of carbonyl (C=O) groups is 2. The topological polar surface area (TPSA) is 86.8 Å². The number of alkyl halides is 3. The minimum Gasteiger partial charge on any atom is -0.334 e. The molecule has 42 heavy (non-hydrogen) atoms. The smallest absolute Gasteiger partial charge is 0.334 e. The number of amides is 2. The van der Waals surface area contributed by atoms with Gasteiger partial charge in [-0.1, -0.05) is 48.5 Å². The molecule has 11 heteroatoms. The van der Waals surface area contributed by atoms with Crippen LogP contribution >= 0.6 is 0 Å². The van der Waals surface area contributed by atoms with E-state index < -0.39 is 27.8 Å². The van der Waals surface area contributed by atoms with Crippen molar-refractivity contribution >= 4 is 21.8 Å². The van der Waals surface area contributed by atoms with Gasteiger partial charge in [0.05, 0.1) is 16.5 Å². The second-order valence-electron chi connectivity index (χ2n) is 10.8. The number of sulfonamides is 1. The largest absolute Gasteiger partial charge is 0.416 e. The zero-order valence-corrected chi connectivity index (χ0v) is 23.7. The Labute approximate surface area is 243 Å². The molecule has 0 spiro atoms. The lowest BCUT2D eigenvalue weighted by Gasteiger charge is -2.43. The van der Waals surface area contributed by atoms with Crippen molar-refractivity contribution in [3.8, 4) is 0 Å². The highest BCUT2D eigenvalue weighted by atomic mass is 32.2. The van der Waals surface area contributed by atoms with Crippen molar-refractivity contribution in [2.45, 2.75) is 48.8 Å². The number of hydrogen-bond acceptors (Lipinski definition) is 4. The molecule has 2 fully saturated rings. The Balaban J connectivity index is 1.23. The van der Waals surface area contributed by atoms with Gasteiger partial charge in [-0.25, -0.2) is 13.1 Å². The quantitative estimate of drug-likeness (QED) is 0.419. The summed E-state index contributed by atoms with van der Waals surface area (Å²) < 4.78 is 66.8. The van der Waals surface area contributed by atoms with Gasteiger partial charge >= 0.3 is 6.18 Å². The number of halogens is 3. The van der Waals surface area contributed by atoms with Gasteiger partial charge < -0.3 is 9.80 Å². The van der Waals surface area contributed by atoms with Crippen LogP contribution in [0.15, 0.2) is 89.8 Å². The maximum absolute atomic E-state index is 13.8. The van der Waals surface area contributed by atoms with E-state index in [1.165, 1.54) is 0 Å². The standard InChI is InChI=1S/C31H32F3N3O4S/c32-31(33,34)25-13-17-27(18-14-25)42(40,41)35-26-15-11-24(12-16-26)30(39)37-20-19-36(29(38)23-9-5-2-6-10-23)21-28(37)22-7-3-1-4-8-22/h1-10,13-14,17-18,24,26,28,35H,11-12,15-16,19-21H2/t24?,26?,28-/m1/s1. The summed E-state index contributed by atoms with van der Waals surface area (Å²) in [6.07, 6.45) is -2.74. The van der Waals surface area contributed by atoms with Gasteiger partial charge in [0.25, 0.3) is 5.91 Å². The summed E-state index contributed by atoms with van der Waals surface area (Å²) in [5, 5.41) is 0. The molecule has 7 nitrogen and oxygen atoms in total. The van der Waals surface area contributed by atoms with Crippen molar-refractivity contribution in [2.24, 2.45) is 5.92 Å². The third-order valence-electron chi connectivity index (χ3n) is 8.05. The second-order valence-corrected chi connectivity index (χ2v) is 12.5. The highest BCUT2D eigenvalue weighted by molar-refractivity contribution is 7.89. The van der Waals surface area contributed by atoms with Crippen molar-refractivity contribution in [3.63, 3.8) is 0 Å². The predicted octanol–water partition coefficient (Wildman–Crippen LogP) is 5.27. The summed E-state index contributed by atoms with van der Waals surface area (Å²) >= 11 is 0. The summed E-state index contributed by atoms with van der Waals surface area (Å²) in [4.78, 5) is 30.4. The number of nitrogens with one attached hydrogen (secondary N) is 1. The minimum absolute atomic E-state index is 0.0142. The molecule has 1 aliphatic carbocycles. The number of nitrogens with zero attached hydrogens (tertiary/aromatic N) is 2. The molecule has 2 amide bonds. The van der Waals surface area contributed by atoms with Crippen LogP contribution in [0.5, 0.6) is 0 Å². The fourth-order valence-corrected chi connectivity index (χ4v) is 7.06. The average Bonchev–Trinajstić information content (AvgIpc) is 3.01. The van der Waals surface area contributed by atoms with Crippen molar-refractivity contribution < 1.29 is 31.2 Å². The fourth-order valence-electron chi connectivity index (χ4n) is 5.76. The van der Waals surface area contributed by atoms with Crippen LogP contribution < -0.4 is 4.72 Å². The van der Waals surface area contributed by atoms with E-state index in [1.54, 1.807) is 17.0 Å². The Morgan fingerprint density at radius 1 is 0.786 bits per heavy atom. The second kappa shape index (κ2) is 12.3. The Kier molecular flexibility index (Phi) is 8.70. The first-order valence-corrected chi connectivity index (χ1v) is 15.4. The van der Waals surface area contributed by atoms with Crippen molar-refractivity contribution in [2.75, 3.05) is 19.6 Å². The van der Waals surface area contributed by atoms with Gasteiger partial charge in [0.1, 0.15) is 0 Å². The zero-order chi connectivity index (χ0) is 29.9. The van der Waals surface area contributed by atoms with E-state index in [9.17, 15) is 31.2 Å². The van der Waals surface area contributed by atoms with Gasteiger partial charge in [-0.05, 0) is 67.6 Å². The molecular formula is C31H32F3N3O4S. The molecule has 1 heterocycles. The first-order chi connectivity index (χ1) is 20.0. The van der Waals surface area contributed by atoms with Crippen LogP contribution in [-0.4, -0.2) is 55.7 Å². The minimum atomic E-state index is -4.55. The molecule has 1 atom stereocenters. The summed E-state index contributed by atoms with van der Waals surface area (Å²) in [6, 6.07) is 21.3. The highest BCUT2D eigenvalue weighted by Crippen LogP contribution is 2.33. The average molecular weight is 600 g/mol. The SMILES string of the molecule is O=C(c1ccccc1)N1CCN(C(=O)C2CCC(NS(=O)(=O)c3ccc(C(F)(F)F)cc3)CC2)[C@@H](c2ccccc2)C1. The van der Waals surface area contributed by atoms with Crippen molar-refractivity contribution in [1.82, 2.24) is 14.5 Å². The lowest BCUT2D eigenvalue weighted by atomic mass is 9.85. The van der Waals surface area contributed by atoms with E-state index in [-0.39, 0.29) is 28.7 Å². The monoisotopic (exact) mass is 599 g/mol. The van der Waals surface area contributed by atoms with E-state index in [4.69, 9.17) is 0 Å². The number of carbonyl (C=O) groups excluding carboxylic acids is 2. The molecule has 3 aromatic carbocycles. The molecule has 5 rings (SSSR count). The summed E-state index contributed by atoms with van der Waals surface area (Å²) in [5.74, 6) is -0.386. The maximum Gasteiger partial charge on any atom is 0.416 e. The lowest BCUT2D eigenvalue weighted by Crippen LogP contribution is -2.54. The van der Waals surface area contributed by atoms with Crippen LogP contribution in [0.2, 0.25) is 0 Å². The van der Waals surface area contributed by atoms with E-state index in [1.807, 2.05) is 53.4 Å². The lowest BCUT2D eigenvalue weighted by molar-refractivity contribution is -0.141. The van der Waals surface area contributed by atoms with E-state index in [2.05, 4.69) is 4.72 Å². The Morgan fingerprint density at radius 2 is 1.38 bits per heavy atom. The fraction of sp³-hybridized carbons (Fsp3) is 0.355. The molecule has 222 valence electrons. The van der Waals surface area contributed by atoms with Gasteiger partial charge in [0.2, 0.25) is 15.9 Å². The highest BCUT2D eigenvalue weighted by Gasteiger charge is 2.38. The zero-order valence-electron chi connectivity index (χ0n) is 22.8. The number of hydrogen-bond donors (Lipinski definition) is 1. The molecule has 3 aromatic rings. The summed E-state index contributed by atoms with van der Waals surface area (Å²) in [7, 11) is -4.01. The van der Waals surface area contributed by atoms with Gasteiger partial charge in [0.15, 0.2) is 0 Å². The maximum atomic E-state index is 13.8. The third-order valence-corrected chi connectivity index (χ3v) is 9.58. The van der Waals surface area contributed by atoms with Gasteiger partial charge in [-0.2, -0.15) is 13.2 Å². The van der Waals surface area contributed by atoms with Crippen LogP contribution in [0.3, 0.4) is 0 Å². The van der Waals surface area contributed by atoms with Crippen LogP contribution in [0.4, 0.5) is 13.2 Å². The van der Waals surface area contributed by atoms with Crippen LogP contribution in [0.1, 0.15) is 53.2 Å². The van der Waals surface area contributed by atoms with Gasteiger partial charge in [-0.15, -0.1) is 0 Å². The third kappa shape index (κ3) is 6.68. The van der Waals surface area contributed by atoms with Crippen molar-refractivity contribution in [3.05, 3.63) is 102 Å². The molecular weight excluding hydrogens is 567 g/mol. The summed E-state index contributed by atoms with van der Waals surface area (Å²) in [5.41, 5.74) is 0.620. The molecule has 0 aromatic heterocycles. The van der Waals surface area contributed by atoms with E-state index in [0.717, 1.165) is 29.8 Å². The van der Waals surface area contributed by atoms with Crippen LogP contribution in [-0.2, 0) is 21.0 Å². The first kappa shape index (κ1) is 29.8. The van der Waals surface area contributed by atoms with Crippen molar-refractivity contribution in [1.29, 1.82) is 0 Å². The van der Waals surface area contributed by atoms with E-state index in [0.29, 0.717) is 50.9 Å². The molecule has 1 saturated heterocycles. The van der Waals surface area contributed by atoms with Gasteiger partial charge in [-0.3, -0.25) is 9.59 Å². The molecule has 1 aliphatic heterocycles. The van der Waals surface area contributed by atoms with E-state index >= 15 is 0 Å². The van der Waals surface area contributed by atoms with Gasteiger partial charge in [0, 0.05) is 37.2 Å². The van der Waals surface area contributed by atoms with Crippen LogP contribution in [0.25, 0.3) is 0 Å². The molecule has 0 radical (unpaired) electrons. The first-order valence-electron chi connectivity index (χ1n) is 13.9. The number of piperazine rings is 1. The predicted molar refractivity (Wildman–Crippen MR) is 151 cm³/mol. The number of rotatable bonds is 6. The molecule has 1 saturated carbocycles.